The minimum Gasteiger partial charge on any atom is -0.361 e. The van der Waals surface area contributed by atoms with Crippen LogP contribution in [0.1, 0.15) is 37.7 Å². The van der Waals surface area contributed by atoms with Crippen molar-refractivity contribution in [3.8, 4) is 6.07 Å². The van der Waals surface area contributed by atoms with E-state index in [0.717, 1.165) is 24.2 Å². The lowest BCUT2D eigenvalue weighted by molar-refractivity contribution is -0.116. The quantitative estimate of drug-likeness (QED) is 0.859. The Bertz CT molecular complexity index is 725. The average molecular weight is 282 g/mol. The van der Waals surface area contributed by atoms with Crippen LogP contribution in [-0.2, 0) is 4.79 Å². The molecule has 1 N–H and O–H groups in total. The first-order valence-electron chi connectivity index (χ1n) is 7.01. The summed E-state index contributed by atoms with van der Waals surface area (Å²) in [5, 5.41) is 12.6. The van der Waals surface area contributed by atoms with Crippen LogP contribution in [0.15, 0.2) is 46.8 Å². The summed E-state index contributed by atoms with van der Waals surface area (Å²) in [6, 6.07) is 8.35. The molecule has 0 saturated heterocycles. The second-order valence-electron chi connectivity index (χ2n) is 5.43. The Labute approximate surface area is 122 Å². The molecule has 0 bridgehead atoms. The Hall–Kier alpha value is -2.41. The van der Waals surface area contributed by atoms with E-state index in [4.69, 9.17) is 0 Å². The van der Waals surface area contributed by atoms with E-state index in [0.29, 0.717) is 23.1 Å². The number of hydrogen-bond acceptors (Lipinski definition) is 3. The van der Waals surface area contributed by atoms with Crippen molar-refractivity contribution in [2.75, 3.05) is 0 Å². The molecule has 1 aliphatic heterocycles. The molecule has 0 aromatic heterocycles. The summed E-state index contributed by atoms with van der Waals surface area (Å²) in [4.78, 5) is 12.3. The van der Waals surface area contributed by atoms with Gasteiger partial charge in [-0.3, -0.25) is 4.79 Å². The molecule has 1 aliphatic carbocycles. The fraction of sp³-hybridized carbons (Fsp3) is 0.294. The zero-order valence-corrected chi connectivity index (χ0v) is 11.7. The maximum atomic E-state index is 13.6. The largest absolute Gasteiger partial charge is 0.361 e. The monoisotopic (exact) mass is 282 g/mol. The first-order chi connectivity index (χ1) is 10.1. The Morgan fingerprint density at radius 1 is 1.38 bits per heavy atom. The van der Waals surface area contributed by atoms with Crippen LogP contribution >= 0.6 is 0 Å². The number of carbonyl (C=O) groups excluding carboxylic acids is 1. The predicted molar refractivity (Wildman–Crippen MR) is 76.5 cm³/mol. The summed E-state index contributed by atoms with van der Waals surface area (Å²) in [7, 11) is 0. The summed E-state index contributed by atoms with van der Waals surface area (Å²) >= 11 is 0. The van der Waals surface area contributed by atoms with Crippen molar-refractivity contribution in [3.63, 3.8) is 0 Å². The summed E-state index contributed by atoms with van der Waals surface area (Å²) in [5.74, 6) is -0.751. The van der Waals surface area contributed by atoms with E-state index in [1.54, 1.807) is 12.1 Å². The van der Waals surface area contributed by atoms with Crippen LogP contribution < -0.4 is 5.32 Å². The van der Waals surface area contributed by atoms with E-state index in [2.05, 4.69) is 11.4 Å². The van der Waals surface area contributed by atoms with Gasteiger partial charge in [-0.05, 0) is 37.5 Å². The maximum absolute atomic E-state index is 13.6. The van der Waals surface area contributed by atoms with Gasteiger partial charge in [-0.2, -0.15) is 5.26 Å². The number of nitriles is 1. The third kappa shape index (κ3) is 2.25. The fourth-order valence-electron chi connectivity index (χ4n) is 3.15. The van der Waals surface area contributed by atoms with Gasteiger partial charge in [0.15, 0.2) is 5.78 Å². The van der Waals surface area contributed by atoms with E-state index < -0.39 is 5.92 Å². The molecule has 3 rings (SSSR count). The summed E-state index contributed by atoms with van der Waals surface area (Å²) in [5.41, 5.74) is 3.43. The standard InChI is InChI=1S/C17H15FN2O/c1-10-13(9-19)16(11-4-2-5-12(18)8-11)17-14(20-10)6-3-7-15(17)21/h2,4-5,8,16,20H,3,6-7H2,1H3. The van der Waals surface area contributed by atoms with Gasteiger partial charge in [-0.25, -0.2) is 4.39 Å². The van der Waals surface area contributed by atoms with Crippen LogP contribution in [0.4, 0.5) is 4.39 Å². The molecule has 1 unspecified atom stereocenters. The molecule has 0 fully saturated rings. The fourth-order valence-corrected chi connectivity index (χ4v) is 3.15. The SMILES string of the molecule is CC1=C(C#N)C(c2cccc(F)c2)C2=C(CCCC2=O)N1. The second kappa shape index (κ2) is 5.17. The highest BCUT2D eigenvalue weighted by Gasteiger charge is 2.35. The van der Waals surface area contributed by atoms with Gasteiger partial charge in [-0.1, -0.05) is 12.1 Å². The molecule has 3 nitrogen and oxygen atoms in total. The van der Waals surface area contributed by atoms with Gasteiger partial charge in [0.2, 0.25) is 0 Å². The molecular weight excluding hydrogens is 267 g/mol. The van der Waals surface area contributed by atoms with E-state index in [1.807, 2.05) is 6.92 Å². The van der Waals surface area contributed by atoms with Crippen molar-refractivity contribution >= 4 is 5.78 Å². The molecule has 21 heavy (non-hydrogen) atoms. The number of rotatable bonds is 1. The van der Waals surface area contributed by atoms with Crippen LogP contribution in [0, 0.1) is 17.1 Å². The summed E-state index contributed by atoms with van der Waals surface area (Å²) in [6.07, 6.45) is 2.10. The lowest BCUT2D eigenvalue weighted by Crippen LogP contribution is -2.31. The van der Waals surface area contributed by atoms with Crippen LogP contribution in [0.25, 0.3) is 0 Å². The number of Topliss-reactive ketones (excluding diaryl/α,β-unsaturated/α-hetero) is 1. The minimum absolute atomic E-state index is 0.0539. The Balaban J connectivity index is 2.20. The number of carbonyl (C=O) groups is 1. The number of nitrogens with zero attached hydrogens (tertiary/aromatic N) is 1. The van der Waals surface area contributed by atoms with Gasteiger partial charge in [0, 0.05) is 23.4 Å². The molecular formula is C17H15FN2O. The predicted octanol–water partition coefficient (Wildman–Crippen LogP) is 3.32. The number of dihydropyridines is 1. The van der Waals surface area contributed by atoms with Crippen LogP contribution in [0.3, 0.4) is 0 Å². The molecule has 0 spiro atoms. The van der Waals surface area contributed by atoms with Crippen LogP contribution in [-0.4, -0.2) is 5.78 Å². The number of allylic oxidation sites excluding steroid dienone is 4. The van der Waals surface area contributed by atoms with Gasteiger partial charge in [0.25, 0.3) is 0 Å². The van der Waals surface area contributed by atoms with E-state index in [1.165, 1.54) is 12.1 Å². The molecule has 106 valence electrons. The number of ketones is 1. The first-order valence-corrected chi connectivity index (χ1v) is 7.01. The molecule has 0 radical (unpaired) electrons. The molecule has 0 amide bonds. The lowest BCUT2D eigenvalue weighted by Gasteiger charge is -2.32. The highest BCUT2D eigenvalue weighted by atomic mass is 19.1. The normalized spacial score (nSPS) is 21.8. The average Bonchev–Trinajstić information content (AvgIpc) is 2.46. The van der Waals surface area contributed by atoms with Crippen LogP contribution in [0.5, 0.6) is 0 Å². The van der Waals surface area contributed by atoms with Crippen molar-refractivity contribution < 1.29 is 9.18 Å². The van der Waals surface area contributed by atoms with Crippen molar-refractivity contribution in [1.82, 2.24) is 5.32 Å². The minimum atomic E-state index is -0.449. The number of halogens is 1. The Morgan fingerprint density at radius 2 is 2.19 bits per heavy atom. The van der Waals surface area contributed by atoms with E-state index >= 15 is 0 Å². The number of nitrogens with one attached hydrogen (secondary N) is 1. The van der Waals surface area contributed by atoms with Crippen molar-refractivity contribution in [3.05, 3.63) is 58.2 Å². The highest BCUT2D eigenvalue weighted by molar-refractivity contribution is 5.99. The van der Waals surface area contributed by atoms with Gasteiger partial charge >= 0.3 is 0 Å². The summed E-state index contributed by atoms with van der Waals surface area (Å²) in [6.45, 7) is 1.83. The molecule has 0 saturated carbocycles. The maximum Gasteiger partial charge on any atom is 0.161 e. The molecule has 4 heteroatoms. The Kier molecular flexibility index (Phi) is 3.34. The zero-order chi connectivity index (χ0) is 15.0. The molecule has 1 heterocycles. The first kappa shape index (κ1) is 13.6. The number of benzene rings is 1. The van der Waals surface area contributed by atoms with E-state index in [-0.39, 0.29) is 11.6 Å². The van der Waals surface area contributed by atoms with Crippen molar-refractivity contribution in [1.29, 1.82) is 5.26 Å². The summed E-state index contributed by atoms with van der Waals surface area (Å²) < 4.78 is 13.6. The van der Waals surface area contributed by atoms with Gasteiger partial charge in [0.1, 0.15) is 5.82 Å². The topological polar surface area (TPSA) is 52.9 Å². The highest BCUT2D eigenvalue weighted by Crippen LogP contribution is 2.41. The van der Waals surface area contributed by atoms with Crippen LogP contribution in [0.2, 0.25) is 0 Å². The van der Waals surface area contributed by atoms with Gasteiger partial charge in [-0.15, -0.1) is 0 Å². The molecule has 1 atom stereocenters. The van der Waals surface area contributed by atoms with Gasteiger partial charge < -0.3 is 5.32 Å². The smallest absolute Gasteiger partial charge is 0.161 e. The number of hydrogen-bond donors (Lipinski definition) is 1. The van der Waals surface area contributed by atoms with Crippen molar-refractivity contribution in [2.45, 2.75) is 32.1 Å². The Morgan fingerprint density at radius 3 is 2.90 bits per heavy atom. The second-order valence-corrected chi connectivity index (χ2v) is 5.43. The third-order valence-corrected chi connectivity index (χ3v) is 4.08. The molecule has 1 aromatic carbocycles. The molecule has 1 aromatic rings. The molecule has 2 aliphatic rings. The third-order valence-electron chi connectivity index (χ3n) is 4.08. The van der Waals surface area contributed by atoms with Crippen molar-refractivity contribution in [2.24, 2.45) is 0 Å². The van der Waals surface area contributed by atoms with Gasteiger partial charge in [0.05, 0.1) is 17.6 Å². The lowest BCUT2D eigenvalue weighted by atomic mass is 9.76. The van der Waals surface area contributed by atoms with E-state index in [9.17, 15) is 14.4 Å². The zero-order valence-electron chi connectivity index (χ0n) is 11.7.